The smallest absolute Gasteiger partial charge is 0.0560 e. The first-order valence-electron chi connectivity index (χ1n) is 7.71. The van der Waals surface area contributed by atoms with Crippen molar-refractivity contribution >= 4 is 11.8 Å². The molecule has 3 nitrogen and oxygen atoms in total. The first-order chi connectivity index (χ1) is 10.2. The summed E-state index contributed by atoms with van der Waals surface area (Å²) in [7, 11) is 1.72. The summed E-state index contributed by atoms with van der Waals surface area (Å²) in [4.78, 5) is 1.32. The third-order valence-corrected chi connectivity index (χ3v) is 3.87. The van der Waals surface area contributed by atoms with Crippen molar-refractivity contribution in [2.45, 2.75) is 31.7 Å². The first kappa shape index (κ1) is 18.5. The van der Waals surface area contributed by atoms with E-state index in [4.69, 9.17) is 9.47 Å². The van der Waals surface area contributed by atoms with Crippen molar-refractivity contribution in [1.29, 1.82) is 0 Å². The molecular weight excluding hydrogens is 282 g/mol. The molecule has 0 aliphatic heterocycles. The van der Waals surface area contributed by atoms with Gasteiger partial charge in [-0.3, -0.25) is 0 Å². The number of hydrogen-bond donors (Lipinski definition) is 1. The van der Waals surface area contributed by atoms with Crippen LogP contribution < -0.4 is 5.32 Å². The highest BCUT2D eigenvalue weighted by molar-refractivity contribution is 7.99. The summed E-state index contributed by atoms with van der Waals surface area (Å²) in [5, 5.41) is 3.48. The van der Waals surface area contributed by atoms with Gasteiger partial charge in [0, 0.05) is 37.5 Å². The summed E-state index contributed by atoms with van der Waals surface area (Å²) in [6, 6.07) is 8.75. The SMILES string of the molecule is COCCCOCCSc1cccc(CNCC(C)C)c1. The Morgan fingerprint density at radius 1 is 1.19 bits per heavy atom. The molecule has 0 unspecified atom stereocenters. The lowest BCUT2D eigenvalue weighted by atomic mass is 10.2. The van der Waals surface area contributed by atoms with E-state index < -0.39 is 0 Å². The van der Waals surface area contributed by atoms with Crippen LogP contribution in [-0.2, 0) is 16.0 Å². The zero-order valence-electron chi connectivity index (χ0n) is 13.6. The van der Waals surface area contributed by atoms with Gasteiger partial charge in [0.05, 0.1) is 6.61 Å². The van der Waals surface area contributed by atoms with E-state index in [2.05, 4.69) is 43.4 Å². The summed E-state index contributed by atoms with van der Waals surface area (Å²) in [6.45, 7) is 8.82. The molecule has 0 radical (unpaired) electrons. The van der Waals surface area contributed by atoms with E-state index >= 15 is 0 Å². The first-order valence-corrected chi connectivity index (χ1v) is 8.70. The standard InChI is InChI=1S/C17H29NO2S/c1-15(2)13-18-14-16-6-4-7-17(12-16)21-11-10-20-9-5-8-19-3/h4,6-7,12,15,18H,5,8-11,13-14H2,1-3H3. The van der Waals surface area contributed by atoms with Crippen LogP contribution in [0.5, 0.6) is 0 Å². The van der Waals surface area contributed by atoms with Gasteiger partial charge in [-0.2, -0.15) is 0 Å². The van der Waals surface area contributed by atoms with E-state index in [9.17, 15) is 0 Å². The van der Waals surface area contributed by atoms with Crippen LogP contribution in [-0.4, -0.2) is 39.2 Å². The lowest BCUT2D eigenvalue weighted by molar-refractivity contribution is 0.113. The summed E-state index contributed by atoms with van der Waals surface area (Å²) >= 11 is 1.85. The van der Waals surface area contributed by atoms with Crippen molar-refractivity contribution in [3.63, 3.8) is 0 Å². The molecule has 1 aromatic carbocycles. The molecule has 0 saturated carbocycles. The molecule has 0 heterocycles. The second-order valence-corrected chi connectivity index (χ2v) is 6.65. The molecule has 21 heavy (non-hydrogen) atoms. The minimum absolute atomic E-state index is 0.692. The Hall–Kier alpha value is -0.550. The monoisotopic (exact) mass is 311 g/mol. The van der Waals surface area contributed by atoms with Gasteiger partial charge < -0.3 is 14.8 Å². The Morgan fingerprint density at radius 2 is 2.05 bits per heavy atom. The highest BCUT2D eigenvalue weighted by Gasteiger charge is 1.99. The van der Waals surface area contributed by atoms with Crippen LogP contribution >= 0.6 is 11.8 Å². The molecule has 0 saturated heterocycles. The maximum atomic E-state index is 5.57. The topological polar surface area (TPSA) is 30.5 Å². The maximum Gasteiger partial charge on any atom is 0.0560 e. The van der Waals surface area contributed by atoms with Gasteiger partial charge in [-0.05, 0) is 36.6 Å². The minimum atomic E-state index is 0.692. The highest BCUT2D eigenvalue weighted by Crippen LogP contribution is 2.19. The summed E-state index contributed by atoms with van der Waals surface area (Å²) in [6.07, 6.45) is 0.970. The van der Waals surface area contributed by atoms with Gasteiger partial charge in [0.1, 0.15) is 0 Å². The van der Waals surface area contributed by atoms with E-state index in [1.54, 1.807) is 7.11 Å². The molecular formula is C17H29NO2S. The molecule has 0 atom stereocenters. The fraction of sp³-hybridized carbons (Fsp3) is 0.647. The van der Waals surface area contributed by atoms with Gasteiger partial charge in [-0.25, -0.2) is 0 Å². The minimum Gasteiger partial charge on any atom is -0.385 e. The molecule has 0 aliphatic rings. The van der Waals surface area contributed by atoms with Crippen LogP contribution in [0.3, 0.4) is 0 Å². The second kappa shape index (κ2) is 12.0. The van der Waals surface area contributed by atoms with Crippen molar-refractivity contribution in [2.75, 3.05) is 39.2 Å². The zero-order chi connectivity index (χ0) is 15.3. The fourth-order valence-electron chi connectivity index (χ4n) is 1.88. The number of methoxy groups -OCH3 is 1. The van der Waals surface area contributed by atoms with E-state index in [0.29, 0.717) is 5.92 Å². The zero-order valence-corrected chi connectivity index (χ0v) is 14.4. The van der Waals surface area contributed by atoms with Gasteiger partial charge in [-0.15, -0.1) is 11.8 Å². The maximum absolute atomic E-state index is 5.57. The number of thioether (sulfide) groups is 1. The van der Waals surface area contributed by atoms with Gasteiger partial charge in [0.15, 0.2) is 0 Å². The van der Waals surface area contributed by atoms with Crippen molar-refractivity contribution in [1.82, 2.24) is 5.32 Å². The number of ether oxygens (including phenoxy) is 2. The summed E-state index contributed by atoms with van der Waals surface area (Å²) in [5.41, 5.74) is 1.35. The van der Waals surface area contributed by atoms with E-state index in [0.717, 1.165) is 45.1 Å². The quantitative estimate of drug-likeness (QED) is 0.472. The Kier molecular flexibility index (Phi) is 10.6. The highest BCUT2D eigenvalue weighted by atomic mass is 32.2. The van der Waals surface area contributed by atoms with Crippen molar-refractivity contribution in [3.05, 3.63) is 29.8 Å². The average molecular weight is 311 g/mol. The molecule has 0 spiro atoms. The van der Waals surface area contributed by atoms with E-state index in [1.165, 1.54) is 10.5 Å². The molecule has 0 amide bonds. The van der Waals surface area contributed by atoms with Crippen molar-refractivity contribution < 1.29 is 9.47 Å². The lowest BCUT2D eigenvalue weighted by Gasteiger charge is -2.09. The van der Waals surface area contributed by atoms with Crippen molar-refractivity contribution in [2.24, 2.45) is 5.92 Å². The van der Waals surface area contributed by atoms with Gasteiger partial charge in [-0.1, -0.05) is 26.0 Å². The van der Waals surface area contributed by atoms with Gasteiger partial charge in [0.2, 0.25) is 0 Å². The molecule has 1 N–H and O–H groups in total. The number of nitrogens with one attached hydrogen (secondary N) is 1. The van der Waals surface area contributed by atoms with Crippen LogP contribution in [0.2, 0.25) is 0 Å². The summed E-state index contributed by atoms with van der Waals surface area (Å²) in [5.74, 6) is 1.69. The van der Waals surface area contributed by atoms with E-state index in [-0.39, 0.29) is 0 Å². The largest absolute Gasteiger partial charge is 0.385 e. The molecule has 0 fully saturated rings. The van der Waals surface area contributed by atoms with Crippen LogP contribution in [0, 0.1) is 5.92 Å². The third kappa shape index (κ3) is 9.91. The predicted molar refractivity (Wildman–Crippen MR) is 91.0 cm³/mol. The number of rotatable bonds is 12. The Morgan fingerprint density at radius 3 is 2.81 bits per heavy atom. The Bertz CT molecular complexity index is 372. The molecule has 4 heteroatoms. The van der Waals surface area contributed by atoms with Gasteiger partial charge in [0.25, 0.3) is 0 Å². The fourth-order valence-corrected chi connectivity index (χ4v) is 2.72. The Balaban J connectivity index is 2.17. The number of benzene rings is 1. The van der Waals surface area contributed by atoms with Gasteiger partial charge >= 0.3 is 0 Å². The number of hydrogen-bond acceptors (Lipinski definition) is 4. The van der Waals surface area contributed by atoms with Crippen LogP contribution in [0.15, 0.2) is 29.2 Å². The van der Waals surface area contributed by atoms with E-state index in [1.807, 2.05) is 11.8 Å². The summed E-state index contributed by atoms with van der Waals surface area (Å²) < 4.78 is 10.6. The molecule has 0 aliphatic carbocycles. The molecule has 0 bridgehead atoms. The Labute approximate surface area is 133 Å². The molecule has 1 rings (SSSR count). The normalized spacial score (nSPS) is 11.2. The molecule has 1 aromatic rings. The predicted octanol–water partition coefficient (Wildman–Crippen LogP) is 3.58. The lowest BCUT2D eigenvalue weighted by Crippen LogP contribution is -2.18. The van der Waals surface area contributed by atoms with Crippen LogP contribution in [0.4, 0.5) is 0 Å². The average Bonchev–Trinajstić information content (AvgIpc) is 2.46. The molecule has 0 aromatic heterocycles. The van der Waals surface area contributed by atoms with Crippen LogP contribution in [0.1, 0.15) is 25.8 Å². The third-order valence-electron chi connectivity index (χ3n) is 2.91. The molecule has 120 valence electrons. The second-order valence-electron chi connectivity index (χ2n) is 5.48. The van der Waals surface area contributed by atoms with Crippen molar-refractivity contribution in [3.8, 4) is 0 Å². The van der Waals surface area contributed by atoms with Crippen LogP contribution in [0.25, 0.3) is 0 Å².